The number of hydrogen-bond donors (Lipinski definition) is 1. The van der Waals surface area contributed by atoms with Gasteiger partial charge in [0.05, 0.1) is 23.5 Å². The van der Waals surface area contributed by atoms with E-state index in [0.717, 1.165) is 63.5 Å². The summed E-state index contributed by atoms with van der Waals surface area (Å²) in [7, 11) is 0. The molecule has 3 aliphatic heterocycles. The molecule has 0 radical (unpaired) electrons. The largest absolute Gasteiger partial charge is 0.475 e. The van der Waals surface area contributed by atoms with Gasteiger partial charge in [0.15, 0.2) is 0 Å². The number of rotatable bonds is 9. The number of carboxylic acids is 1. The number of para-hydroxylation sites is 2. The average Bonchev–Trinajstić information content (AvgIpc) is 3.62. The normalized spacial score (nSPS) is 17.5. The summed E-state index contributed by atoms with van der Waals surface area (Å²) in [4.78, 5) is 31.3. The summed E-state index contributed by atoms with van der Waals surface area (Å²) in [6, 6.07) is 27.2. The number of anilines is 2. The number of benzene rings is 3. The van der Waals surface area contributed by atoms with E-state index in [-0.39, 0.29) is 23.8 Å². The number of carbonyl (C=O) groups excluding carboxylic acids is 1. The van der Waals surface area contributed by atoms with Gasteiger partial charge in [0.2, 0.25) is 5.76 Å². The predicted octanol–water partition coefficient (Wildman–Crippen LogP) is 8.12. The molecule has 3 aliphatic rings. The first-order chi connectivity index (χ1) is 21.4. The minimum Gasteiger partial charge on any atom is -0.475 e. The molecule has 5 aromatic rings. The number of amides is 1. The molecule has 0 saturated carbocycles. The van der Waals surface area contributed by atoms with Gasteiger partial charge in [0.1, 0.15) is 10.5 Å². The van der Waals surface area contributed by atoms with Crippen molar-refractivity contribution in [3.05, 3.63) is 110 Å². The van der Waals surface area contributed by atoms with Crippen LogP contribution in [0.15, 0.2) is 98.0 Å². The van der Waals surface area contributed by atoms with Crippen LogP contribution in [-0.2, 0) is 6.42 Å². The van der Waals surface area contributed by atoms with Gasteiger partial charge < -0.3 is 23.6 Å². The van der Waals surface area contributed by atoms with Crippen LogP contribution in [0, 0.1) is 6.92 Å². The van der Waals surface area contributed by atoms with Crippen LogP contribution in [0.4, 0.5) is 11.4 Å². The van der Waals surface area contributed by atoms with E-state index in [4.69, 9.17) is 4.42 Å². The molecule has 1 amide bonds. The van der Waals surface area contributed by atoms with Crippen molar-refractivity contribution in [1.29, 1.82) is 0 Å². The lowest BCUT2D eigenvalue weighted by Gasteiger charge is -2.57. The van der Waals surface area contributed by atoms with E-state index >= 15 is 0 Å². The number of nitrogens with zero attached hydrogens (tertiary/aromatic N) is 3. The Bertz CT molecular complexity index is 1840. The van der Waals surface area contributed by atoms with Crippen LogP contribution in [0.2, 0.25) is 0 Å². The van der Waals surface area contributed by atoms with Gasteiger partial charge in [0.25, 0.3) is 5.91 Å². The van der Waals surface area contributed by atoms with Crippen LogP contribution in [0.3, 0.4) is 0 Å². The summed E-state index contributed by atoms with van der Waals surface area (Å²) in [6.45, 7) is 4.14. The van der Waals surface area contributed by atoms with E-state index in [0.29, 0.717) is 11.1 Å². The summed E-state index contributed by atoms with van der Waals surface area (Å²) in [5.41, 5.74) is 4.73. The van der Waals surface area contributed by atoms with Crippen molar-refractivity contribution in [2.45, 2.75) is 36.7 Å². The monoisotopic (exact) mass is 687 g/mol. The highest BCUT2D eigenvalue weighted by molar-refractivity contribution is 9.10. The summed E-state index contributed by atoms with van der Waals surface area (Å²) in [5.74, 6) is -0.956. The number of hydrogen-bond acceptors (Lipinski definition) is 7. The number of halogens is 1. The van der Waals surface area contributed by atoms with Gasteiger partial charge in [-0.2, -0.15) is 0 Å². The Kier molecular flexibility index (Phi) is 7.90. The van der Waals surface area contributed by atoms with Crippen molar-refractivity contribution >= 4 is 73.4 Å². The molecule has 44 heavy (non-hydrogen) atoms. The third kappa shape index (κ3) is 5.39. The van der Waals surface area contributed by atoms with E-state index in [1.807, 2.05) is 35.7 Å². The highest BCUT2D eigenvalue weighted by Crippen LogP contribution is 2.43. The van der Waals surface area contributed by atoms with Gasteiger partial charge >= 0.3 is 5.97 Å². The van der Waals surface area contributed by atoms with Crippen LogP contribution in [0.25, 0.3) is 11.0 Å². The molecular formula is C34H30BrN3O4S2. The third-order valence-electron chi connectivity index (χ3n) is 8.49. The Morgan fingerprint density at radius 1 is 1.05 bits per heavy atom. The lowest BCUT2D eigenvalue weighted by Crippen LogP contribution is -2.70. The molecule has 7 nitrogen and oxygen atoms in total. The zero-order chi connectivity index (χ0) is 30.4. The van der Waals surface area contributed by atoms with Crippen molar-refractivity contribution in [2.24, 2.45) is 0 Å². The van der Waals surface area contributed by atoms with Gasteiger partial charge in [0, 0.05) is 40.0 Å². The maximum Gasteiger partial charge on any atom is 0.372 e. The minimum absolute atomic E-state index is 0.0175. The molecular weight excluding hydrogens is 658 g/mol. The Labute approximate surface area is 272 Å². The fourth-order valence-electron chi connectivity index (χ4n) is 6.32. The molecule has 2 aromatic heterocycles. The Balaban J connectivity index is 1.17. The van der Waals surface area contributed by atoms with Gasteiger partial charge in [-0.3, -0.25) is 4.79 Å². The van der Waals surface area contributed by atoms with Crippen LogP contribution in [0.1, 0.15) is 37.8 Å². The second-order valence-corrected chi connectivity index (χ2v) is 14.1. The predicted molar refractivity (Wildman–Crippen MR) is 180 cm³/mol. The van der Waals surface area contributed by atoms with Gasteiger partial charge in [-0.05, 0) is 95.0 Å². The molecule has 3 saturated heterocycles. The molecule has 3 fully saturated rings. The maximum absolute atomic E-state index is 13.4. The molecule has 3 aromatic carbocycles. The van der Waals surface area contributed by atoms with E-state index in [2.05, 4.69) is 78.6 Å². The first kappa shape index (κ1) is 29.0. The molecule has 0 spiro atoms. The lowest BCUT2D eigenvalue weighted by atomic mass is 9.86. The smallest absolute Gasteiger partial charge is 0.372 e. The molecule has 10 heteroatoms. The van der Waals surface area contributed by atoms with Crippen molar-refractivity contribution in [1.82, 2.24) is 4.90 Å². The quantitative estimate of drug-likeness (QED) is 0.157. The summed E-state index contributed by atoms with van der Waals surface area (Å²) < 4.78 is 8.82. The second kappa shape index (κ2) is 12.0. The van der Waals surface area contributed by atoms with Crippen molar-refractivity contribution < 1.29 is 19.1 Å². The Morgan fingerprint density at radius 3 is 2.52 bits per heavy atom. The fraction of sp³-hybridized carbons (Fsp3) is 0.235. The molecule has 2 bridgehead atoms. The Hall–Kier alpha value is -3.73. The third-order valence-corrected chi connectivity index (χ3v) is 11.4. The van der Waals surface area contributed by atoms with Gasteiger partial charge in [-0.15, -0.1) is 11.3 Å². The number of piperazine rings is 1. The standard InChI is InChI=1S/C34H30BrN3O4S2/c1-21-26-18-25(11-12-30(26)42-31(21)34(40)41)44-37(15-13-22-7-3-2-4-8-22)29-10-6-5-9-28(29)36-19-23-17-24(20-36)38(23)33(39)32-27(35)14-16-43-32/h2-12,14,16,18,23-24H,13,15,17,19-20H2,1H3,(H,40,41). The van der Waals surface area contributed by atoms with Crippen molar-refractivity contribution in [2.75, 3.05) is 28.8 Å². The number of carboxylic acid groups (broad SMARTS) is 1. The number of piperidine rings is 1. The molecule has 5 heterocycles. The molecule has 8 rings (SSSR count). The SMILES string of the molecule is Cc1c(C(=O)O)oc2ccc(SN(CCc3ccccc3)c3ccccc3N3CC4CC(C3)N4C(=O)c3sccc3Br)cc12. The minimum atomic E-state index is -1.06. The summed E-state index contributed by atoms with van der Waals surface area (Å²) in [5, 5.41) is 12.3. The lowest BCUT2D eigenvalue weighted by molar-refractivity contribution is 0.00632. The highest BCUT2D eigenvalue weighted by Gasteiger charge is 2.48. The van der Waals surface area contributed by atoms with E-state index in [1.165, 1.54) is 16.9 Å². The second-order valence-electron chi connectivity index (χ2n) is 11.2. The number of aromatic carboxylic acids is 1. The maximum atomic E-state index is 13.4. The average molecular weight is 689 g/mol. The molecule has 2 unspecified atom stereocenters. The van der Waals surface area contributed by atoms with E-state index in [9.17, 15) is 14.7 Å². The van der Waals surface area contributed by atoms with Gasteiger partial charge in [-0.25, -0.2) is 4.79 Å². The molecule has 1 N–H and O–H groups in total. The van der Waals surface area contributed by atoms with Crippen molar-refractivity contribution in [3.63, 3.8) is 0 Å². The first-order valence-electron chi connectivity index (χ1n) is 14.5. The van der Waals surface area contributed by atoms with Gasteiger partial charge in [-0.1, -0.05) is 42.5 Å². The van der Waals surface area contributed by atoms with Crippen LogP contribution >= 0.6 is 39.2 Å². The number of furan rings is 1. The van der Waals surface area contributed by atoms with Crippen LogP contribution in [-0.4, -0.2) is 53.6 Å². The van der Waals surface area contributed by atoms with Crippen molar-refractivity contribution in [3.8, 4) is 0 Å². The van der Waals surface area contributed by atoms with E-state index in [1.54, 1.807) is 18.9 Å². The van der Waals surface area contributed by atoms with Crippen LogP contribution in [0.5, 0.6) is 0 Å². The summed E-state index contributed by atoms with van der Waals surface area (Å²) >= 11 is 6.68. The Morgan fingerprint density at radius 2 is 1.80 bits per heavy atom. The first-order valence-corrected chi connectivity index (χ1v) is 17.0. The molecule has 2 atom stereocenters. The zero-order valence-electron chi connectivity index (χ0n) is 24.0. The number of fused-ring (bicyclic) bond motifs is 3. The zero-order valence-corrected chi connectivity index (χ0v) is 27.2. The molecule has 224 valence electrons. The number of aryl methyl sites for hydroxylation is 1. The topological polar surface area (TPSA) is 77.2 Å². The number of carbonyl (C=O) groups is 2. The fourth-order valence-corrected chi connectivity index (χ4v) is 8.80. The van der Waals surface area contributed by atoms with Crippen LogP contribution < -0.4 is 9.21 Å². The number of thiophene rings is 1. The highest BCUT2D eigenvalue weighted by atomic mass is 79.9. The molecule has 0 aliphatic carbocycles. The summed E-state index contributed by atoms with van der Waals surface area (Å²) in [6.07, 6.45) is 1.89. The van der Waals surface area contributed by atoms with E-state index < -0.39 is 5.97 Å².